The first-order chi connectivity index (χ1) is 16.2. The molecule has 0 bridgehead atoms. The number of ketones is 1. The van der Waals surface area contributed by atoms with E-state index in [4.69, 9.17) is 24.7 Å². The number of nitrogens with two attached hydrogens (primary N) is 1. The van der Waals surface area contributed by atoms with Crippen molar-refractivity contribution in [2.24, 2.45) is 5.92 Å². The summed E-state index contributed by atoms with van der Waals surface area (Å²) in [5, 5.41) is 0. The van der Waals surface area contributed by atoms with Gasteiger partial charge in [0.25, 0.3) is 0 Å². The van der Waals surface area contributed by atoms with Crippen molar-refractivity contribution in [2.75, 3.05) is 25.2 Å². The Kier molecular flexibility index (Phi) is 7.43. The number of rotatable bonds is 10. The van der Waals surface area contributed by atoms with Crippen LogP contribution in [0.5, 0.6) is 0 Å². The number of benzene rings is 1. The third-order valence-electron chi connectivity index (χ3n) is 7.12. The van der Waals surface area contributed by atoms with Gasteiger partial charge in [0.1, 0.15) is 29.8 Å². The second kappa shape index (κ2) is 10.0. The van der Waals surface area contributed by atoms with E-state index >= 15 is 0 Å². The van der Waals surface area contributed by atoms with Crippen LogP contribution in [0.3, 0.4) is 0 Å². The zero-order chi connectivity index (χ0) is 24.5. The summed E-state index contributed by atoms with van der Waals surface area (Å²) in [4.78, 5) is 25.9. The van der Waals surface area contributed by atoms with Crippen molar-refractivity contribution in [2.45, 2.75) is 80.9 Å². The van der Waals surface area contributed by atoms with Crippen LogP contribution in [0.4, 0.5) is 5.69 Å². The van der Waals surface area contributed by atoms with E-state index in [1.165, 1.54) is 17.3 Å². The molecule has 8 heteroatoms. The van der Waals surface area contributed by atoms with Gasteiger partial charge in [0.05, 0.1) is 24.4 Å². The van der Waals surface area contributed by atoms with Gasteiger partial charge in [0.15, 0.2) is 5.78 Å². The average Bonchev–Trinajstić information content (AvgIpc) is 3.69. The quantitative estimate of drug-likeness (QED) is 0.132. The molecule has 6 atom stereocenters. The Morgan fingerprint density at radius 2 is 2.09 bits per heavy atom. The molecule has 1 spiro atoms. The van der Waals surface area contributed by atoms with Crippen molar-refractivity contribution in [3.63, 3.8) is 0 Å². The molecule has 1 aromatic carbocycles. The van der Waals surface area contributed by atoms with E-state index < -0.39 is 17.7 Å². The van der Waals surface area contributed by atoms with E-state index in [-0.39, 0.29) is 41.7 Å². The van der Waals surface area contributed by atoms with E-state index in [9.17, 15) is 9.59 Å². The minimum Gasteiger partial charge on any atom is -0.459 e. The number of ether oxygens (including phenoxy) is 4. The molecule has 0 aromatic heterocycles. The van der Waals surface area contributed by atoms with Crippen LogP contribution in [-0.2, 0) is 28.5 Å². The van der Waals surface area contributed by atoms with Crippen LogP contribution in [-0.4, -0.2) is 60.7 Å². The van der Waals surface area contributed by atoms with Crippen molar-refractivity contribution in [1.82, 2.24) is 0 Å². The van der Waals surface area contributed by atoms with Gasteiger partial charge in [-0.3, -0.25) is 9.59 Å². The fraction of sp³-hybridized carbons (Fsp3) is 0.615. The number of Topliss-reactive ketones (excluding diaryl/α,β-unsaturated/α-hetero) is 1. The summed E-state index contributed by atoms with van der Waals surface area (Å²) < 4.78 is 23.8. The number of epoxide rings is 2. The number of hydrogen-bond acceptors (Lipinski definition) is 8. The number of methoxy groups -OCH3 is 1. The predicted molar refractivity (Wildman–Crippen MR) is 131 cm³/mol. The highest BCUT2D eigenvalue weighted by atomic mass is 32.2. The van der Waals surface area contributed by atoms with E-state index in [0.29, 0.717) is 18.7 Å². The highest BCUT2D eigenvalue weighted by molar-refractivity contribution is 8.00. The van der Waals surface area contributed by atoms with Gasteiger partial charge in [-0.1, -0.05) is 17.7 Å². The van der Waals surface area contributed by atoms with Crippen LogP contribution in [0.2, 0.25) is 0 Å². The van der Waals surface area contributed by atoms with E-state index in [2.05, 4.69) is 26.8 Å². The lowest BCUT2D eigenvalue weighted by Crippen LogP contribution is -2.55. The Balaban J connectivity index is 1.35. The number of hydrogen-bond donors (Lipinski definition) is 1. The number of thioether (sulfide) groups is 1. The molecule has 3 fully saturated rings. The molecule has 1 saturated carbocycles. The van der Waals surface area contributed by atoms with Gasteiger partial charge in [-0.15, -0.1) is 11.8 Å². The van der Waals surface area contributed by atoms with Gasteiger partial charge in [0.2, 0.25) is 0 Å². The first-order valence-electron chi connectivity index (χ1n) is 11.8. The van der Waals surface area contributed by atoms with Crippen LogP contribution < -0.4 is 5.73 Å². The number of anilines is 1. The van der Waals surface area contributed by atoms with Crippen molar-refractivity contribution in [3.05, 3.63) is 35.9 Å². The summed E-state index contributed by atoms with van der Waals surface area (Å²) in [6.45, 7) is 6.94. The maximum absolute atomic E-state index is 12.6. The lowest BCUT2D eigenvalue weighted by Gasteiger charge is -2.42. The molecule has 34 heavy (non-hydrogen) atoms. The monoisotopic (exact) mass is 489 g/mol. The van der Waals surface area contributed by atoms with Crippen LogP contribution >= 0.6 is 11.8 Å². The van der Waals surface area contributed by atoms with Gasteiger partial charge in [-0.2, -0.15) is 0 Å². The number of carbonyl (C=O) groups excluding carboxylic acids is 2. The third-order valence-corrected chi connectivity index (χ3v) is 8.17. The summed E-state index contributed by atoms with van der Waals surface area (Å²) in [5.74, 6) is -0.546. The summed E-state index contributed by atoms with van der Waals surface area (Å²) in [6, 6.07) is 7.33. The van der Waals surface area contributed by atoms with Crippen molar-refractivity contribution in [3.8, 4) is 0 Å². The molecule has 2 saturated heterocycles. The Labute approximate surface area is 205 Å². The van der Waals surface area contributed by atoms with Crippen LogP contribution in [0.15, 0.2) is 40.8 Å². The standard InChI is InChI=1S/C26H35NO6S/c1-16(2)8-9-21-25(3,33-21)24-23(30-4)20(10-11-26(24)15-31-26)32-22(29)13-18(28)14-34-19-7-5-6-17(27)12-19/h5-8,12,20-21,23-24H,9-11,13-15,27H2,1-4H3/t20-,21-,23-,24-,25+,26+/m1/s1. The van der Waals surface area contributed by atoms with E-state index in [1.54, 1.807) is 13.2 Å². The molecule has 4 rings (SSSR count). The Hall–Kier alpha value is -1.87. The predicted octanol–water partition coefficient (Wildman–Crippen LogP) is 3.94. The smallest absolute Gasteiger partial charge is 0.313 e. The van der Waals surface area contributed by atoms with Crippen molar-refractivity contribution in [1.29, 1.82) is 0 Å². The zero-order valence-electron chi connectivity index (χ0n) is 20.4. The molecule has 1 aliphatic carbocycles. The largest absolute Gasteiger partial charge is 0.459 e. The molecule has 2 heterocycles. The van der Waals surface area contributed by atoms with Gasteiger partial charge >= 0.3 is 5.97 Å². The van der Waals surface area contributed by atoms with Crippen LogP contribution in [0.1, 0.15) is 46.5 Å². The fourth-order valence-corrected chi connectivity index (χ4v) is 6.08. The molecule has 0 unspecified atom stereocenters. The molecular formula is C26H35NO6S. The Bertz CT molecular complexity index is 956. The number of nitrogen functional groups attached to an aromatic ring is 1. The topological polar surface area (TPSA) is 104 Å². The Morgan fingerprint density at radius 1 is 1.32 bits per heavy atom. The number of allylic oxidation sites excluding steroid dienone is 1. The molecular weight excluding hydrogens is 454 g/mol. The van der Waals surface area contributed by atoms with Crippen molar-refractivity contribution < 1.29 is 28.5 Å². The summed E-state index contributed by atoms with van der Waals surface area (Å²) >= 11 is 1.36. The average molecular weight is 490 g/mol. The van der Waals surface area contributed by atoms with Crippen LogP contribution in [0.25, 0.3) is 0 Å². The maximum atomic E-state index is 12.6. The molecule has 2 aliphatic heterocycles. The lowest BCUT2D eigenvalue weighted by molar-refractivity contribution is -0.172. The minimum absolute atomic E-state index is 0.0399. The first-order valence-corrected chi connectivity index (χ1v) is 12.8. The summed E-state index contributed by atoms with van der Waals surface area (Å²) in [7, 11) is 1.64. The Morgan fingerprint density at radius 3 is 2.74 bits per heavy atom. The van der Waals surface area contributed by atoms with Gasteiger partial charge in [-0.25, -0.2) is 0 Å². The van der Waals surface area contributed by atoms with E-state index in [1.807, 2.05) is 18.2 Å². The van der Waals surface area contributed by atoms with Crippen LogP contribution in [0, 0.1) is 5.92 Å². The maximum Gasteiger partial charge on any atom is 0.313 e. The molecule has 7 nitrogen and oxygen atoms in total. The van der Waals surface area contributed by atoms with Gasteiger partial charge in [0, 0.05) is 17.7 Å². The number of esters is 1. The lowest BCUT2D eigenvalue weighted by atomic mass is 9.68. The van der Waals surface area contributed by atoms with Crippen molar-refractivity contribution >= 4 is 29.2 Å². The molecule has 1 aromatic rings. The SMILES string of the molecule is CO[C@@H]1[C@H](OC(=O)CC(=O)CSc2cccc(N)c2)CC[C@]2(CO2)[C@H]1[C@@]1(C)O[C@@H]1CC=C(C)C. The second-order valence-corrected chi connectivity index (χ2v) is 11.0. The third kappa shape index (κ3) is 5.51. The van der Waals surface area contributed by atoms with Gasteiger partial charge in [-0.05, 0) is 58.2 Å². The van der Waals surface area contributed by atoms with Gasteiger partial charge < -0.3 is 24.7 Å². The molecule has 0 amide bonds. The molecule has 186 valence electrons. The molecule has 2 N–H and O–H groups in total. The minimum atomic E-state index is -0.514. The normalized spacial score (nSPS) is 33.9. The molecule has 0 radical (unpaired) electrons. The molecule has 3 aliphatic rings. The fourth-order valence-electron chi connectivity index (χ4n) is 5.26. The zero-order valence-corrected chi connectivity index (χ0v) is 21.2. The van der Waals surface area contributed by atoms with E-state index in [0.717, 1.165) is 17.7 Å². The summed E-state index contributed by atoms with van der Waals surface area (Å²) in [6.07, 6.45) is 3.50. The first kappa shape index (κ1) is 25.2. The second-order valence-electron chi connectivity index (χ2n) is 9.98. The summed E-state index contributed by atoms with van der Waals surface area (Å²) in [5.41, 5.74) is 7.01. The highest BCUT2D eigenvalue weighted by Gasteiger charge is 2.72. The number of carbonyl (C=O) groups is 2. The highest BCUT2D eigenvalue weighted by Crippen LogP contribution is 2.59.